The van der Waals surface area contributed by atoms with Crippen molar-refractivity contribution in [2.75, 3.05) is 26.6 Å². The maximum absolute atomic E-state index is 13.3. The van der Waals surface area contributed by atoms with Gasteiger partial charge in [0.15, 0.2) is 11.5 Å². The van der Waals surface area contributed by atoms with E-state index in [9.17, 15) is 9.18 Å². The molecule has 7 heteroatoms. The average Bonchev–Trinajstić information content (AvgIpc) is 3.16. The summed E-state index contributed by atoms with van der Waals surface area (Å²) in [5.74, 6) is 1.09. The lowest BCUT2D eigenvalue weighted by Crippen LogP contribution is -2.22. The Bertz CT molecular complexity index is 1040. The molecule has 3 aromatic rings. The molecule has 150 valence electrons. The smallest absolute Gasteiger partial charge is 0.225 e. The Morgan fingerprint density at radius 2 is 1.69 bits per heavy atom. The number of hydrogen-bond acceptors (Lipinski definition) is 5. The van der Waals surface area contributed by atoms with Crippen LogP contribution in [0.3, 0.4) is 0 Å². The van der Waals surface area contributed by atoms with E-state index in [1.807, 2.05) is 17.5 Å². The van der Waals surface area contributed by atoms with Crippen molar-refractivity contribution in [1.82, 2.24) is 0 Å². The second kappa shape index (κ2) is 7.75. The fourth-order valence-electron chi connectivity index (χ4n) is 3.64. The van der Waals surface area contributed by atoms with E-state index in [0.29, 0.717) is 23.7 Å². The summed E-state index contributed by atoms with van der Waals surface area (Å²) in [6.07, 6.45) is 0.314. The standard InChI is InChI=1S/C22H20FNO4S/c1-26-17-8-13(9-18(27-2)21(17)28-3)15-10-19(25)24-20-16(11-29-22(15)20)12-4-6-14(23)7-5-12/h4-9,11,15H,10H2,1-3H3,(H,24,25). The molecule has 1 aliphatic heterocycles. The number of hydrogen-bond donors (Lipinski definition) is 1. The van der Waals surface area contributed by atoms with E-state index in [4.69, 9.17) is 14.2 Å². The highest BCUT2D eigenvalue weighted by Gasteiger charge is 2.31. The van der Waals surface area contributed by atoms with E-state index >= 15 is 0 Å². The summed E-state index contributed by atoms with van der Waals surface area (Å²) in [4.78, 5) is 13.6. The van der Waals surface area contributed by atoms with Crippen molar-refractivity contribution in [2.45, 2.75) is 12.3 Å². The van der Waals surface area contributed by atoms with Crippen LogP contribution in [0.1, 0.15) is 22.8 Å². The number of anilines is 1. The summed E-state index contributed by atoms with van der Waals surface area (Å²) in [5, 5.41) is 4.99. The van der Waals surface area contributed by atoms with Gasteiger partial charge in [-0.2, -0.15) is 0 Å². The summed E-state index contributed by atoms with van der Waals surface area (Å²) >= 11 is 1.57. The fraction of sp³-hybridized carbons (Fsp3) is 0.227. The Balaban J connectivity index is 1.82. The molecule has 0 fully saturated rings. The zero-order valence-corrected chi connectivity index (χ0v) is 17.1. The van der Waals surface area contributed by atoms with Crippen LogP contribution in [0, 0.1) is 5.82 Å². The van der Waals surface area contributed by atoms with Gasteiger partial charge in [-0.25, -0.2) is 4.39 Å². The minimum Gasteiger partial charge on any atom is -0.493 e. The molecular formula is C22H20FNO4S. The molecular weight excluding hydrogens is 393 g/mol. The van der Waals surface area contributed by atoms with Crippen molar-refractivity contribution in [3.63, 3.8) is 0 Å². The summed E-state index contributed by atoms with van der Waals surface area (Å²) < 4.78 is 29.7. The van der Waals surface area contributed by atoms with Crippen LogP contribution in [0.5, 0.6) is 17.2 Å². The Morgan fingerprint density at radius 1 is 1.03 bits per heavy atom. The molecule has 2 aromatic carbocycles. The molecule has 0 aliphatic carbocycles. The van der Waals surface area contributed by atoms with Crippen LogP contribution in [0.25, 0.3) is 11.1 Å². The summed E-state index contributed by atoms with van der Waals surface area (Å²) in [5.41, 5.74) is 3.42. The Kier molecular flexibility index (Phi) is 5.15. The molecule has 0 saturated carbocycles. The lowest BCUT2D eigenvalue weighted by molar-refractivity contribution is -0.116. The third kappa shape index (κ3) is 3.42. The first-order chi connectivity index (χ1) is 14.0. The largest absolute Gasteiger partial charge is 0.493 e. The van der Waals surface area contributed by atoms with Crippen molar-refractivity contribution in [3.05, 3.63) is 58.0 Å². The zero-order valence-electron chi connectivity index (χ0n) is 16.2. The minimum atomic E-state index is -0.294. The average molecular weight is 413 g/mol. The Labute approximate surface area is 172 Å². The van der Waals surface area contributed by atoms with Crippen LogP contribution in [0.2, 0.25) is 0 Å². The first-order valence-corrected chi connectivity index (χ1v) is 9.90. The van der Waals surface area contributed by atoms with Gasteiger partial charge in [0.2, 0.25) is 11.7 Å². The van der Waals surface area contributed by atoms with Crippen LogP contribution in [-0.2, 0) is 4.79 Å². The molecule has 0 radical (unpaired) electrons. The second-order valence-electron chi connectivity index (χ2n) is 6.66. The maximum atomic E-state index is 13.3. The first-order valence-electron chi connectivity index (χ1n) is 9.02. The number of thiophene rings is 1. The lowest BCUT2D eigenvalue weighted by atomic mass is 9.88. The number of halogens is 1. The van der Waals surface area contributed by atoms with Gasteiger partial charge in [0, 0.05) is 28.2 Å². The van der Waals surface area contributed by atoms with Crippen LogP contribution in [0.4, 0.5) is 10.1 Å². The van der Waals surface area contributed by atoms with Crippen LogP contribution >= 0.6 is 11.3 Å². The number of carbonyl (C=O) groups excluding carboxylic acids is 1. The minimum absolute atomic E-state index is 0.0713. The molecule has 5 nitrogen and oxygen atoms in total. The summed E-state index contributed by atoms with van der Waals surface area (Å²) in [6.45, 7) is 0. The van der Waals surface area contributed by atoms with Gasteiger partial charge in [-0.3, -0.25) is 4.79 Å². The van der Waals surface area contributed by atoms with E-state index in [1.165, 1.54) is 12.1 Å². The summed E-state index contributed by atoms with van der Waals surface area (Å²) in [7, 11) is 4.69. The lowest BCUT2D eigenvalue weighted by Gasteiger charge is -2.25. The van der Waals surface area contributed by atoms with E-state index < -0.39 is 0 Å². The number of carbonyl (C=O) groups is 1. The molecule has 1 N–H and O–H groups in total. The normalized spacial score (nSPS) is 15.4. The van der Waals surface area contributed by atoms with Crippen LogP contribution in [-0.4, -0.2) is 27.2 Å². The molecule has 1 atom stereocenters. The number of amides is 1. The van der Waals surface area contributed by atoms with Gasteiger partial charge >= 0.3 is 0 Å². The highest BCUT2D eigenvalue weighted by Crippen LogP contribution is 2.49. The molecule has 1 unspecified atom stereocenters. The van der Waals surface area contributed by atoms with E-state index in [1.54, 1.807) is 44.8 Å². The van der Waals surface area contributed by atoms with Crippen LogP contribution in [0.15, 0.2) is 41.8 Å². The SMILES string of the molecule is COc1cc(C2CC(=O)Nc3c(-c4ccc(F)cc4)csc32)cc(OC)c1OC. The maximum Gasteiger partial charge on any atom is 0.225 e. The molecule has 29 heavy (non-hydrogen) atoms. The highest BCUT2D eigenvalue weighted by molar-refractivity contribution is 7.11. The fourth-order valence-corrected chi connectivity index (χ4v) is 4.80. The molecule has 1 aromatic heterocycles. The molecule has 2 heterocycles. The molecule has 1 aliphatic rings. The Hall–Kier alpha value is -3.06. The molecule has 0 bridgehead atoms. The first kappa shape index (κ1) is 19.3. The van der Waals surface area contributed by atoms with Gasteiger partial charge in [-0.15, -0.1) is 11.3 Å². The highest BCUT2D eigenvalue weighted by atomic mass is 32.1. The topological polar surface area (TPSA) is 56.8 Å². The Morgan fingerprint density at radius 3 is 2.28 bits per heavy atom. The number of fused-ring (bicyclic) bond motifs is 1. The number of methoxy groups -OCH3 is 3. The molecule has 0 spiro atoms. The third-order valence-corrected chi connectivity index (χ3v) is 6.13. The zero-order chi connectivity index (χ0) is 20.5. The third-order valence-electron chi connectivity index (χ3n) is 5.03. The quantitative estimate of drug-likeness (QED) is 0.636. The van der Waals surface area contributed by atoms with Gasteiger partial charge < -0.3 is 19.5 Å². The number of ether oxygens (including phenoxy) is 3. The van der Waals surface area contributed by atoms with Gasteiger partial charge in [0.25, 0.3) is 0 Å². The number of rotatable bonds is 5. The van der Waals surface area contributed by atoms with Gasteiger partial charge in [0.1, 0.15) is 5.82 Å². The van der Waals surface area contributed by atoms with Crippen molar-refractivity contribution < 1.29 is 23.4 Å². The predicted molar refractivity (Wildman–Crippen MR) is 111 cm³/mol. The van der Waals surface area contributed by atoms with Crippen LogP contribution < -0.4 is 19.5 Å². The van der Waals surface area contributed by atoms with E-state index in [0.717, 1.165) is 27.3 Å². The van der Waals surface area contributed by atoms with Crippen molar-refractivity contribution in [1.29, 1.82) is 0 Å². The van der Waals surface area contributed by atoms with Gasteiger partial charge in [-0.1, -0.05) is 12.1 Å². The van der Waals surface area contributed by atoms with E-state index in [-0.39, 0.29) is 17.6 Å². The van der Waals surface area contributed by atoms with E-state index in [2.05, 4.69) is 5.32 Å². The molecule has 1 amide bonds. The predicted octanol–water partition coefficient (Wildman–Crippen LogP) is 5.05. The van der Waals surface area contributed by atoms with Gasteiger partial charge in [0.05, 0.1) is 27.0 Å². The molecule has 4 rings (SSSR count). The van der Waals surface area contributed by atoms with Gasteiger partial charge in [-0.05, 0) is 35.4 Å². The number of nitrogens with one attached hydrogen (secondary N) is 1. The van der Waals surface area contributed by atoms with Crippen molar-refractivity contribution in [2.24, 2.45) is 0 Å². The molecule has 0 saturated heterocycles. The van der Waals surface area contributed by atoms with Crippen molar-refractivity contribution >= 4 is 22.9 Å². The van der Waals surface area contributed by atoms with Crippen molar-refractivity contribution in [3.8, 4) is 28.4 Å². The summed E-state index contributed by atoms with van der Waals surface area (Å²) in [6, 6.07) is 10.0. The number of benzene rings is 2. The monoisotopic (exact) mass is 413 g/mol. The second-order valence-corrected chi connectivity index (χ2v) is 7.57.